The van der Waals surface area contributed by atoms with E-state index in [1.54, 1.807) is 6.08 Å². The molecule has 5 atom stereocenters. The number of esters is 4. The molecule has 2 aliphatic carbocycles. The van der Waals surface area contributed by atoms with Gasteiger partial charge in [-0.3, -0.25) is 24.0 Å². The fraction of sp³-hybridized carbons (Fsp3) is 0.643. The molecule has 0 aromatic rings. The van der Waals surface area contributed by atoms with Crippen LogP contribution in [0.3, 0.4) is 0 Å². The molecule has 10 nitrogen and oxygen atoms in total. The Balaban J connectivity index is 1.60. The topological polar surface area (TPSA) is 132 Å². The molecule has 1 heterocycles. The summed E-state index contributed by atoms with van der Waals surface area (Å²) in [5.74, 6) is -1.93. The average molecular weight is 725 g/mol. The van der Waals surface area contributed by atoms with E-state index in [-0.39, 0.29) is 29.6 Å². The van der Waals surface area contributed by atoms with Crippen LogP contribution in [0, 0.1) is 17.3 Å². The summed E-state index contributed by atoms with van der Waals surface area (Å²) in [5.41, 5.74) is 5.17. The molecule has 0 N–H and O–H groups in total. The number of allylic oxidation sites excluding steroid dienone is 10. The SMILES string of the molecule is CC(=O)OC[C@H]1O[C@@H](CC2CCC(CC(=O)/C=C(C)/C=C/C=C(C)/C=C/C3=C(C)CCCC3(C)C)CC2)[C@H](OC(C)=O)[C@@H](OC(C)=O)[C@@H]1OC(C)=O. The lowest BCUT2D eigenvalue weighted by Crippen LogP contribution is -2.62. The van der Waals surface area contributed by atoms with Crippen molar-refractivity contribution in [3.63, 3.8) is 0 Å². The van der Waals surface area contributed by atoms with E-state index in [1.165, 1.54) is 58.1 Å². The van der Waals surface area contributed by atoms with E-state index in [9.17, 15) is 24.0 Å². The zero-order valence-electron chi connectivity index (χ0n) is 32.7. The molecular formula is C42H60O10. The summed E-state index contributed by atoms with van der Waals surface area (Å²) >= 11 is 0. The molecule has 3 rings (SSSR count). The number of carbonyl (C=O) groups is 5. The zero-order chi connectivity index (χ0) is 38.6. The minimum Gasteiger partial charge on any atom is -0.463 e. The van der Waals surface area contributed by atoms with Crippen molar-refractivity contribution in [3.8, 4) is 0 Å². The van der Waals surface area contributed by atoms with Gasteiger partial charge in [0.15, 0.2) is 24.1 Å². The maximum Gasteiger partial charge on any atom is 0.303 e. The Morgan fingerprint density at radius 2 is 1.33 bits per heavy atom. The highest BCUT2D eigenvalue weighted by Gasteiger charge is 2.52. The van der Waals surface area contributed by atoms with Crippen LogP contribution < -0.4 is 0 Å². The lowest BCUT2D eigenvalue weighted by atomic mass is 9.72. The van der Waals surface area contributed by atoms with Crippen molar-refractivity contribution in [1.29, 1.82) is 0 Å². The average Bonchev–Trinajstić information content (AvgIpc) is 3.02. The first-order valence-corrected chi connectivity index (χ1v) is 18.7. The number of hydrogen-bond acceptors (Lipinski definition) is 10. The highest BCUT2D eigenvalue weighted by molar-refractivity contribution is 5.90. The van der Waals surface area contributed by atoms with Gasteiger partial charge in [-0.25, -0.2) is 0 Å². The van der Waals surface area contributed by atoms with E-state index in [0.717, 1.165) is 36.8 Å². The molecule has 10 heteroatoms. The second kappa shape index (κ2) is 19.9. The fourth-order valence-electron chi connectivity index (χ4n) is 7.79. The third-order valence-electron chi connectivity index (χ3n) is 10.3. The van der Waals surface area contributed by atoms with Crippen molar-refractivity contribution in [2.45, 2.75) is 151 Å². The molecule has 0 bridgehead atoms. The third-order valence-corrected chi connectivity index (χ3v) is 10.3. The molecule has 0 amide bonds. The highest BCUT2D eigenvalue weighted by atomic mass is 16.7. The molecular weight excluding hydrogens is 664 g/mol. The van der Waals surface area contributed by atoms with Crippen molar-refractivity contribution in [2.75, 3.05) is 6.61 Å². The molecule has 0 aromatic heterocycles. The van der Waals surface area contributed by atoms with Gasteiger partial charge < -0.3 is 23.7 Å². The minimum absolute atomic E-state index is 0.104. The van der Waals surface area contributed by atoms with E-state index in [0.29, 0.717) is 12.8 Å². The smallest absolute Gasteiger partial charge is 0.303 e. The molecule has 2 fully saturated rings. The molecule has 52 heavy (non-hydrogen) atoms. The van der Waals surface area contributed by atoms with Gasteiger partial charge in [-0.05, 0) is 93.8 Å². The van der Waals surface area contributed by atoms with Gasteiger partial charge in [0.25, 0.3) is 0 Å². The maximum absolute atomic E-state index is 13.0. The summed E-state index contributed by atoms with van der Waals surface area (Å²) in [5, 5.41) is 0. The van der Waals surface area contributed by atoms with Gasteiger partial charge in [-0.2, -0.15) is 0 Å². The van der Waals surface area contributed by atoms with Crippen LogP contribution in [-0.2, 0) is 47.7 Å². The second-order valence-corrected chi connectivity index (χ2v) is 15.5. The van der Waals surface area contributed by atoms with Gasteiger partial charge in [-0.1, -0.05) is 68.2 Å². The molecule has 288 valence electrons. The summed E-state index contributed by atoms with van der Waals surface area (Å²) < 4.78 is 28.2. The van der Waals surface area contributed by atoms with E-state index in [1.807, 2.05) is 19.1 Å². The van der Waals surface area contributed by atoms with Crippen molar-refractivity contribution >= 4 is 29.7 Å². The van der Waals surface area contributed by atoms with Gasteiger partial charge in [0.1, 0.15) is 12.7 Å². The Hall–Kier alpha value is -3.79. The Labute approximate surface area is 310 Å². The predicted molar refractivity (Wildman–Crippen MR) is 198 cm³/mol. The normalized spacial score (nSPS) is 28.4. The van der Waals surface area contributed by atoms with Gasteiger partial charge in [0, 0.05) is 34.1 Å². The van der Waals surface area contributed by atoms with Gasteiger partial charge in [0.05, 0.1) is 6.10 Å². The highest BCUT2D eigenvalue weighted by Crippen LogP contribution is 2.41. The standard InChI is InChI=1S/C42H60O10/c1-26(15-20-36-28(3)14-11-21-42(36,8)9)12-10-13-27(2)22-35(47)23-33-16-18-34(19-17-33)24-37-39(49-30(5)44)41(51-32(7)46)40(50-31(6)45)38(52-37)25-48-29(4)43/h10,12-13,15,20,22,33-34,37-41H,11,14,16-19,21,23-25H2,1-9H3/b13-10+,20-15+,26-12+,27-22+/t33?,34?,37-,38+,39-,40+,41+/m0/s1. The predicted octanol–water partition coefficient (Wildman–Crippen LogP) is 7.80. The van der Waals surface area contributed by atoms with Crippen LogP contribution >= 0.6 is 0 Å². The van der Waals surface area contributed by atoms with Crippen molar-refractivity contribution in [1.82, 2.24) is 0 Å². The van der Waals surface area contributed by atoms with Crippen LogP contribution in [0.15, 0.2) is 58.7 Å². The van der Waals surface area contributed by atoms with E-state index >= 15 is 0 Å². The number of hydrogen-bond donors (Lipinski definition) is 0. The third kappa shape index (κ3) is 13.6. The summed E-state index contributed by atoms with van der Waals surface area (Å²) in [4.78, 5) is 61.0. The largest absolute Gasteiger partial charge is 0.463 e. The molecule has 1 saturated heterocycles. The first-order valence-electron chi connectivity index (χ1n) is 18.7. The Bertz CT molecular complexity index is 1450. The van der Waals surface area contributed by atoms with Gasteiger partial charge >= 0.3 is 23.9 Å². The number of ketones is 1. The summed E-state index contributed by atoms with van der Waals surface area (Å²) in [7, 11) is 0. The van der Waals surface area contributed by atoms with Crippen LogP contribution in [0.4, 0.5) is 0 Å². The lowest BCUT2D eigenvalue weighted by molar-refractivity contribution is -0.255. The minimum atomic E-state index is -1.16. The first-order chi connectivity index (χ1) is 24.4. The zero-order valence-corrected chi connectivity index (χ0v) is 32.7. The van der Waals surface area contributed by atoms with E-state index in [2.05, 4.69) is 45.9 Å². The number of rotatable bonds is 14. The molecule has 1 saturated carbocycles. The second-order valence-electron chi connectivity index (χ2n) is 15.5. The summed E-state index contributed by atoms with van der Waals surface area (Å²) in [6, 6.07) is 0. The summed E-state index contributed by atoms with van der Waals surface area (Å²) in [6.07, 6.45) is 15.1. The van der Waals surface area contributed by atoms with Crippen molar-refractivity contribution < 1.29 is 47.7 Å². The Kier molecular flexibility index (Phi) is 16.3. The van der Waals surface area contributed by atoms with Crippen LogP contribution in [-0.4, -0.2) is 66.8 Å². The van der Waals surface area contributed by atoms with E-state index < -0.39 is 54.4 Å². The van der Waals surface area contributed by atoms with E-state index in [4.69, 9.17) is 23.7 Å². The summed E-state index contributed by atoms with van der Waals surface area (Å²) in [6.45, 7) is 15.6. The molecule has 0 unspecified atom stereocenters. The lowest BCUT2D eigenvalue weighted by Gasteiger charge is -2.45. The monoisotopic (exact) mass is 724 g/mol. The Morgan fingerprint density at radius 3 is 1.90 bits per heavy atom. The molecule has 3 aliphatic rings. The fourth-order valence-corrected chi connectivity index (χ4v) is 7.79. The van der Waals surface area contributed by atoms with Crippen LogP contribution in [0.2, 0.25) is 0 Å². The molecule has 0 spiro atoms. The van der Waals surface area contributed by atoms with Gasteiger partial charge in [-0.15, -0.1) is 0 Å². The van der Waals surface area contributed by atoms with Crippen LogP contribution in [0.5, 0.6) is 0 Å². The Morgan fingerprint density at radius 1 is 0.750 bits per heavy atom. The van der Waals surface area contributed by atoms with Crippen molar-refractivity contribution in [2.24, 2.45) is 17.3 Å². The van der Waals surface area contributed by atoms with Crippen LogP contribution in [0.1, 0.15) is 120 Å². The van der Waals surface area contributed by atoms with Gasteiger partial charge in [0.2, 0.25) is 0 Å². The number of carbonyl (C=O) groups excluding carboxylic acids is 5. The van der Waals surface area contributed by atoms with Crippen LogP contribution in [0.25, 0.3) is 0 Å². The quantitative estimate of drug-likeness (QED) is 0.0757. The maximum atomic E-state index is 13.0. The number of ether oxygens (including phenoxy) is 5. The molecule has 0 aromatic carbocycles. The first kappa shape index (κ1) is 42.6. The molecule has 0 radical (unpaired) electrons. The molecule has 1 aliphatic heterocycles. The van der Waals surface area contributed by atoms with Crippen molar-refractivity contribution in [3.05, 3.63) is 58.7 Å².